The summed E-state index contributed by atoms with van der Waals surface area (Å²) in [4.78, 5) is 16.9. The highest BCUT2D eigenvalue weighted by molar-refractivity contribution is 6.30. The average molecular weight is 406 g/mol. The van der Waals surface area contributed by atoms with Gasteiger partial charge < -0.3 is 9.88 Å². The molecular weight excluding hydrogens is 386 g/mol. The number of imidazole rings is 1. The zero-order chi connectivity index (χ0) is 20.1. The summed E-state index contributed by atoms with van der Waals surface area (Å²) in [6, 6.07) is 17.1. The largest absolute Gasteiger partial charge is 0.352 e. The van der Waals surface area contributed by atoms with Crippen molar-refractivity contribution in [3.63, 3.8) is 0 Å². The Hall–Kier alpha value is -3.38. The van der Waals surface area contributed by atoms with Crippen LogP contribution >= 0.6 is 11.6 Å². The van der Waals surface area contributed by atoms with Crippen LogP contribution in [0.4, 0.5) is 0 Å². The fourth-order valence-corrected chi connectivity index (χ4v) is 3.18. The molecule has 4 rings (SSSR count). The molecule has 1 N–H and O–H groups in total. The number of amides is 1. The fraction of sp³-hybridized carbons (Fsp3) is 0.136. The minimum Gasteiger partial charge on any atom is -0.352 e. The Morgan fingerprint density at radius 3 is 2.59 bits per heavy atom. The third kappa shape index (κ3) is 4.55. The molecular formula is C22H20ClN5O. The van der Waals surface area contributed by atoms with Crippen molar-refractivity contribution in [3.05, 3.63) is 90.1 Å². The van der Waals surface area contributed by atoms with Crippen LogP contribution in [-0.4, -0.2) is 31.8 Å². The third-order valence-electron chi connectivity index (χ3n) is 4.54. The summed E-state index contributed by atoms with van der Waals surface area (Å²) in [5, 5.41) is 8.31. The van der Waals surface area contributed by atoms with Crippen LogP contribution in [0, 0.1) is 0 Å². The number of benzene rings is 2. The van der Waals surface area contributed by atoms with Crippen molar-refractivity contribution in [1.82, 2.24) is 24.6 Å². The van der Waals surface area contributed by atoms with Gasteiger partial charge in [-0.15, -0.1) is 0 Å². The predicted molar refractivity (Wildman–Crippen MR) is 113 cm³/mol. The maximum Gasteiger partial charge on any atom is 0.255 e. The quantitative estimate of drug-likeness (QED) is 0.468. The van der Waals surface area contributed by atoms with Gasteiger partial charge in [0.2, 0.25) is 0 Å². The van der Waals surface area contributed by atoms with Crippen molar-refractivity contribution < 1.29 is 4.79 Å². The molecule has 2 heterocycles. The van der Waals surface area contributed by atoms with Gasteiger partial charge in [-0.3, -0.25) is 4.79 Å². The maximum atomic E-state index is 12.9. The van der Waals surface area contributed by atoms with Crippen LogP contribution in [0.3, 0.4) is 0 Å². The van der Waals surface area contributed by atoms with E-state index in [-0.39, 0.29) is 5.91 Å². The molecule has 1 amide bonds. The zero-order valence-corrected chi connectivity index (χ0v) is 16.5. The minimum atomic E-state index is -0.150. The van der Waals surface area contributed by atoms with Gasteiger partial charge in [-0.25, -0.2) is 9.67 Å². The highest BCUT2D eigenvalue weighted by atomic mass is 35.5. The first-order valence-corrected chi connectivity index (χ1v) is 9.73. The molecule has 4 aromatic rings. The molecule has 0 saturated heterocycles. The Kier molecular flexibility index (Phi) is 5.72. The second-order valence-corrected chi connectivity index (χ2v) is 7.02. The van der Waals surface area contributed by atoms with E-state index in [0.29, 0.717) is 22.8 Å². The van der Waals surface area contributed by atoms with Gasteiger partial charge >= 0.3 is 0 Å². The number of halogens is 1. The van der Waals surface area contributed by atoms with Crippen molar-refractivity contribution >= 4 is 17.5 Å². The van der Waals surface area contributed by atoms with E-state index in [1.54, 1.807) is 35.5 Å². The second kappa shape index (κ2) is 8.75. The van der Waals surface area contributed by atoms with Crippen molar-refractivity contribution in [1.29, 1.82) is 0 Å². The monoisotopic (exact) mass is 405 g/mol. The van der Waals surface area contributed by atoms with Gasteiger partial charge in [-0.05, 0) is 30.7 Å². The van der Waals surface area contributed by atoms with Crippen LogP contribution in [0.5, 0.6) is 0 Å². The van der Waals surface area contributed by atoms with E-state index in [2.05, 4.69) is 15.4 Å². The summed E-state index contributed by atoms with van der Waals surface area (Å²) in [6.07, 6.45) is 8.00. The summed E-state index contributed by atoms with van der Waals surface area (Å²) >= 11 is 6.02. The molecule has 29 heavy (non-hydrogen) atoms. The smallest absolute Gasteiger partial charge is 0.255 e. The SMILES string of the molecule is O=C(NCCCn1ccnc1)c1cn(-c2ccccc2)nc1-c1ccc(Cl)cc1. The third-order valence-corrected chi connectivity index (χ3v) is 4.79. The number of rotatable bonds is 7. The van der Waals surface area contributed by atoms with E-state index in [9.17, 15) is 4.79 Å². The topological polar surface area (TPSA) is 64.7 Å². The van der Waals surface area contributed by atoms with Crippen LogP contribution in [0.1, 0.15) is 16.8 Å². The lowest BCUT2D eigenvalue weighted by Crippen LogP contribution is -2.25. The lowest BCUT2D eigenvalue weighted by Gasteiger charge is -2.06. The normalized spacial score (nSPS) is 10.8. The van der Waals surface area contributed by atoms with Crippen LogP contribution in [0.2, 0.25) is 5.02 Å². The van der Waals surface area contributed by atoms with Gasteiger partial charge in [-0.1, -0.05) is 41.9 Å². The van der Waals surface area contributed by atoms with Crippen molar-refractivity contribution in [2.45, 2.75) is 13.0 Å². The molecule has 0 unspecified atom stereocenters. The number of hydrogen-bond acceptors (Lipinski definition) is 3. The first kappa shape index (κ1) is 19.0. The Morgan fingerprint density at radius 2 is 1.86 bits per heavy atom. The number of nitrogens with one attached hydrogen (secondary N) is 1. The van der Waals surface area contributed by atoms with Crippen molar-refractivity contribution in [2.75, 3.05) is 6.54 Å². The highest BCUT2D eigenvalue weighted by Crippen LogP contribution is 2.25. The average Bonchev–Trinajstić information content (AvgIpc) is 3.42. The standard InChI is InChI=1S/C22H20ClN5O/c23-18-9-7-17(8-10-18)21-20(15-28(26-21)19-5-2-1-3-6-19)22(29)25-11-4-13-27-14-12-24-16-27/h1-3,5-10,12,14-16H,4,11,13H2,(H,25,29). The highest BCUT2D eigenvalue weighted by Gasteiger charge is 2.18. The van der Waals surface area contributed by atoms with E-state index in [1.807, 2.05) is 53.2 Å². The molecule has 146 valence electrons. The summed E-state index contributed by atoms with van der Waals surface area (Å²) in [6.45, 7) is 1.36. The number of carbonyl (C=O) groups excluding carboxylic acids is 1. The number of carbonyl (C=O) groups is 1. The molecule has 2 aromatic carbocycles. The maximum absolute atomic E-state index is 12.9. The molecule has 0 aliphatic carbocycles. The van der Waals surface area contributed by atoms with Gasteiger partial charge in [0.25, 0.3) is 5.91 Å². The molecule has 0 radical (unpaired) electrons. The molecule has 0 spiro atoms. The van der Waals surface area contributed by atoms with Gasteiger partial charge in [-0.2, -0.15) is 5.10 Å². The molecule has 0 fully saturated rings. The Labute approximate surface area is 173 Å². The predicted octanol–water partition coefficient (Wildman–Crippen LogP) is 4.21. The Bertz CT molecular complexity index is 1070. The summed E-state index contributed by atoms with van der Waals surface area (Å²) < 4.78 is 3.71. The van der Waals surface area contributed by atoms with E-state index in [4.69, 9.17) is 11.6 Å². The molecule has 7 heteroatoms. The Morgan fingerprint density at radius 1 is 1.07 bits per heavy atom. The van der Waals surface area contributed by atoms with E-state index < -0.39 is 0 Å². The molecule has 6 nitrogen and oxygen atoms in total. The lowest BCUT2D eigenvalue weighted by atomic mass is 10.1. The van der Waals surface area contributed by atoms with Gasteiger partial charge in [0.15, 0.2) is 0 Å². The number of aryl methyl sites for hydroxylation is 1. The Balaban J connectivity index is 1.55. The molecule has 0 aliphatic rings. The fourth-order valence-electron chi connectivity index (χ4n) is 3.05. The van der Waals surface area contributed by atoms with Gasteiger partial charge in [0, 0.05) is 42.3 Å². The van der Waals surface area contributed by atoms with Gasteiger partial charge in [0.05, 0.1) is 17.6 Å². The number of para-hydroxylation sites is 1. The first-order valence-electron chi connectivity index (χ1n) is 9.36. The lowest BCUT2D eigenvalue weighted by molar-refractivity contribution is 0.0953. The first-order chi connectivity index (χ1) is 14.2. The van der Waals surface area contributed by atoms with E-state index in [0.717, 1.165) is 24.2 Å². The molecule has 0 bridgehead atoms. The van der Waals surface area contributed by atoms with Gasteiger partial charge in [0.1, 0.15) is 5.69 Å². The van der Waals surface area contributed by atoms with Crippen LogP contribution in [-0.2, 0) is 6.54 Å². The second-order valence-electron chi connectivity index (χ2n) is 6.59. The number of aromatic nitrogens is 4. The van der Waals surface area contributed by atoms with Crippen LogP contribution in [0.15, 0.2) is 79.5 Å². The van der Waals surface area contributed by atoms with Crippen molar-refractivity contribution in [3.8, 4) is 16.9 Å². The number of hydrogen-bond donors (Lipinski definition) is 1. The summed E-state index contributed by atoms with van der Waals surface area (Å²) in [5.74, 6) is -0.150. The number of nitrogens with zero attached hydrogens (tertiary/aromatic N) is 4. The zero-order valence-electron chi connectivity index (χ0n) is 15.7. The molecule has 0 atom stereocenters. The minimum absolute atomic E-state index is 0.150. The van der Waals surface area contributed by atoms with Crippen molar-refractivity contribution in [2.24, 2.45) is 0 Å². The summed E-state index contributed by atoms with van der Waals surface area (Å²) in [7, 11) is 0. The molecule has 0 saturated carbocycles. The summed E-state index contributed by atoms with van der Waals surface area (Å²) in [5.41, 5.74) is 2.88. The van der Waals surface area contributed by atoms with E-state index in [1.165, 1.54) is 0 Å². The van der Waals surface area contributed by atoms with Crippen LogP contribution < -0.4 is 5.32 Å². The molecule has 2 aromatic heterocycles. The van der Waals surface area contributed by atoms with Crippen LogP contribution in [0.25, 0.3) is 16.9 Å². The van der Waals surface area contributed by atoms with E-state index >= 15 is 0 Å². The molecule has 0 aliphatic heterocycles.